The highest BCUT2D eigenvalue weighted by atomic mass is 32.2. The van der Waals surface area contributed by atoms with Crippen molar-refractivity contribution in [3.8, 4) is 6.07 Å². The van der Waals surface area contributed by atoms with Crippen LogP contribution in [-0.2, 0) is 0 Å². The van der Waals surface area contributed by atoms with Crippen molar-refractivity contribution in [1.82, 2.24) is 5.32 Å². The van der Waals surface area contributed by atoms with Gasteiger partial charge in [0.2, 0.25) is 0 Å². The van der Waals surface area contributed by atoms with Crippen LogP contribution < -0.4 is 10.2 Å². The first kappa shape index (κ1) is 15.2. The summed E-state index contributed by atoms with van der Waals surface area (Å²) in [4.78, 5) is 3.46. The van der Waals surface area contributed by atoms with Crippen LogP contribution in [0.15, 0.2) is 23.1 Å². The highest BCUT2D eigenvalue weighted by molar-refractivity contribution is 7.98. The highest BCUT2D eigenvalue weighted by Crippen LogP contribution is 2.31. The molecule has 2 rings (SSSR count). The Labute approximate surface area is 126 Å². The minimum atomic E-state index is 0.778. The SMILES string of the molecule is CCNCC1CCN(c2cccc(SC)c2C#N)CC1. The van der Waals surface area contributed by atoms with E-state index in [0.29, 0.717) is 0 Å². The number of hydrogen-bond acceptors (Lipinski definition) is 4. The molecule has 0 aromatic heterocycles. The molecule has 1 aliphatic rings. The second-order valence-electron chi connectivity index (χ2n) is 5.20. The predicted molar refractivity (Wildman–Crippen MR) is 86.4 cm³/mol. The van der Waals surface area contributed by atoms with E-state index in [1.807, 2.05) is 12.3 Å². The molecule has 1 fully saturated rings. The summed E-state index contributed by atoms with van der Waals surface area (Å²) in [7, 11) is 0. The van der Waals surface area contributed by atoms with Crippen LogP contribution in [0, 0.1) is 17.2 Å². The molecule has 1 N–H and O–H groups in total. The lowest BCUT2D eigenvalue weighted by atomic mass is 9.96. The van der Waals surface area contributed by atoms with Crippen molar-refractivity contribution in [3.63, 3.8) is 0 Å². The fourth-order valence-electron chi connectivity index (χ4n) is 2.79. The number of piperidine rings is 1. The molecular weight excluding hydrogens is 266 g/mol. The van der Waals surface area contributed by atoms with Gasteiger partial charge in [0.05, 0.1) is 11.3 Å². The maximum absolute atomic E-state index is 9.43. The summed E-state index contributed by atoms with van der Waals surface area (Å²) >= 11 is 1.65. The molecule has 0 atom stereocenters. The first-order valence-electron chi connectivity index (χ1n) is 7.33. The number of thioether (sulfide) groups is 1. The molecular formula is C16H23N3S. The molecule has 20 heavy (non-hydrogen) atoms. The van der Waals surface area contributed by atoms with Crippen molar-refractivity contribution in [2.24, 2.45) is 5.92 Å². The van der Waals surface area contributed by atoms with Crippen LogP contribution in [0.25, 0.3) is 0 Å². The summed E-state index contributed by atoms with van der Waals surface area (Å²) in [6.45, 7) is 6.45. The molecule has 4 heteroatoms. The summed E-state index contributed by atoms with van der Waals surface area (Å²) < 4.78 is 0. The van der Waals surface area contributed by atoms with Crippen LogP contribution in [0.4, 0.5) is 5.69 Å². The van der Waals surface area contributed by atoms with Gasteiger partial charge >= 0.3 is 0 Å². The molecule has 0 bridgehead atoms. The molecule has 3 nitrogen and oxygen atoms in total. The third-order valence-electron chi connectivity index (χ3n) is 3.97. The molecule has 0 saturated carbocycles. The average molecular weight is 289 g/mol. The second kappa shape index (κ2) is 7.56. The van der Waals surface area contributed by atoms with Gasteiger partial charge < -0.3 is 10.2 Å². The number of nitrogens with one attached hydrogen (secondary N) is 1. The number of anilines is 1. The Morgan fingerprint density at radius 3 is 2.75 bits per heavy atom. The molecule has 108 valence electrons. The van der Waals surface area contributed by atoms with E-state index in [2.05, 4.69) is 35.3 Å². The van der Waals surface area contributed by atoms with Crippen LogP contribution in [0.5, 0.6) is 0 Å². The summed E-state index contributed by atoms with van der Waals surface area (Å²) in [5, 5.41) is 12.9. The quantitative estimate of drug-likeness (QED) is 0.845. The van der Waals surface area contributed by atoms with Crippen molar-refractivity contribution >= 4 is 17.4 Å². The molecule has 0 amide bonds. The molecule has 1 aliphatic heterocycles. The van der Waals surface area contributed by atoms with E-state index in [0.717, 1.165) is 48.2 Å². The lowest BCUT2D eigenvalue weighted by Gasteiger charge is -2.34. The summed E-state index contributed by atoms with van der Waals surface area (Å²) in [6, 6.07) is 8.56. The highest BCUT2D eigenvalue weighted by Gasteiger charge is 2.21. The first-order chi connectivity index (χ1) is 9.80. The number of benzene rings is 1. The Morgan fingerprint density at radius 1 is 1.40 bits per heavy atom. The van der Waals surface area contributed by atoms with Crippen molar-refractivity contribution in [2.45, 2.75) is 24.7 Å². The van der Waals surface area contributed by atoms with Crippen molar-refractivity contribution < 1.29 is 0 Å². The molecule has 1 aromatic rings. The standard InChI is InChI=1S/C16H23N3S/c1-3-18-12-13-7-9-19(10-8-13)15-5-4-6-16(20-2)14(15)11-17/h4-6,13,18H,3,7-10,12H2,1-2H3. The van der Waals surface area contributed by atoms with Gasteiger partial charge in [0.1, 0.15) is 6.07 Å². The van der Waals surface area contributed by atoms with Crippen LogP contribution in [-0.4, -0.2) is 32.4 Å². The van der Waals surface area contributed by atoms with Crippen molar-refractivity contribution in [2.75, 3.05) is 37.3 Å². The Morgan fingerprint density at radius 2 is 2.15 bits per heavy atom. The Balaban J connectivity index is 2.06. The van der Waals surface area contributed by atoms with Crippen LogP contribution in [0.2, 0.25) is 0 Å². The molecule has 1 aromatic carbocycles. The molecule has 0 radical (unpaired) electrons. The molecule has 0 spiro atoms. The minimum absolute atomic E-state index is 0.778. The summed E-state index contributed by atoms with van der Waals surface area (Å²) in [6.07, 6.45) is 4.45. The van der Waals surface area contributed by atoms with Gasteiger partial charge in [-0.3, -0.25) is 0 Å². The largest absolute Gasteiger partial charge is 0.370 e. The molecule has 0 aliphatic carbocycles. The fourth-order valence-corrected chi connectivity index (χ4v) is 3.36. The zero-order valence-corrected chi connectivity index (χ0v) is 13.2. The van der Waals surface area contributed by atoms with Crippen molar-refractivity contribution in [1.29, 1.82) is 5.26 Å². The number of nitrogens with zero attached hydrogens (tertiary/aromatic N) is 2. The van der Waals surface area contributed by atoms with E-state index in [-0.39, 0.29) is 0 Å². The Kier molecular flexibility index (Phi) is 5.75. The van der Waals surface area contributed by atoms with Gasteiger partial charge in [-0.25, -0.2) is 0 Å². The van der Waals surface area contributed by atoms with E-state index in [1.54, 1.807) is 11.8 Å². The van der Waals surface area contributed by atoms with Gasteiger partial charge in [0, 0.05) is 18.0 Å². The number of nitriles is 1. The fraction of sp³-hybridized carbons (Fsp3) is 0.562. The van der Waals surface area contributed by atoms with E-state index in [9.17, 15) is 5.26 Å². The van der Waals surface area contributed by atoms with Gasteiger partial charge in [-0.05, 0) is 50.2 Å². The van der Waals surface area contributed by atoms with Crippen molar-refractivity contribution in [3.05, 3.63) is 23.8 Å². The predicted octanol–water partition coefficient (Wildman–Crippen LogP) is 3.11. The summed E-state index contributed by atoms with van der Waals surface area (Å²) in [5.74, 6) is 0.778. The van der Waals surface area contributed by atoms with Gasteiger partial charge in [0.15, 0.2) is 0 Å². The molecule has 1 saturated heterocycles. The summed E-state index contributed by atoms with van der Waals surface area (Å²) in [5.41, 5.74) is 1.95. The second-order valence-corrected chi connectivity index (χ2v) is 6.05. The number of hydrogen-bond donors (Lipinski definition) is 1. The smallest absolute Gasteiger partial charge is 0.103 e. The minimum Gasteiger partial charge on any atom is -0.370 e. The van der Waals surface area contributed by atoms with Crippen LogP contribution in [0.1, 0.15) is 25.3 Å². The van der Waals surface area contributed by atoms with Gasteiger partial charge in [0.25, 0.3) is 0 Å². The topological polar surface area (TPSA) is 39.1 Å². The van der Waals surface area contributed by atoms with Gasteiger partial charge in [-0.15, -0.1) is 11.8 Å². The monoisotopic (exact) mass is 289 g/mol. The van der Waals surface area contributed by atoms with E-state index >= 15 is 0 Å². The van der Waals surface area contributed by atoms with Crippen LogP contribution >= 0.6 is 11.8 Å². The normalized spacial score (nSPS) is 16.1. The van der Waals surface area contributed by atoms with E-state index in [1.165, 1.54) is 12.8 Å². The molecule has 0 unspecified atom stereocenters. The average Bonchev–Trinajstić information content (AvgIpc) is 2.52. The van der Waals surface area contributed by atoms with Gasteiger partial charge in [-0.2, -0.15) is 5.26 Å². The third-order valence-corrected chi connectivity index (χ3v) is 4.75. The maximum atomic E-state index is 9.43. The van der Waals surface area contributed by atoms with E-state index < -0.39 is 0 Å². The lowest BCUT2D eigenvalue weighted by Crippen LogP contribution is -2.37. The maximum Gasteiger partial charge on any atom is 0.103 e. The zero-order chi connectivity index (χ0) is 14.4. The van der Waals surface area contributed by atoms with E-state index in [4.69, 9.17) is 0 Å². The van der Waals surface area contributed by atoms with Crippen LogP contribution in [0.3, 0.4) is 0 Å². The number of rotatable bonds is 5. The Hall–Kier alpha value is -1.18. The zero-order valence-electron chi connectivity index (χ0n) is 12.4. The third kappa shape index (κ3) is 3.47. The lowest BCUT2D eigenvalue weighted by molar-refractivity contribution is 0.386. The molecule has 1 heterocycles. The Bertz CT molecular complexity index is 473. The van der Waals surface area contributed by atoms with Gasteiger partial charge in [-0.1, -0.05) is 13.0 Å². The first-order valence-corrected chi connectivity index (χ1v) is 8.55.